The van der Waals surface area contributed by atoms with E-state index in [-0.39, 0.29) is 24.5 Å². The molecular weight excluding hydrogens is 470 g/mol. The van der Waals surface area contributed by atoms with Gasteiger partial charge in [-0.25, -0.2) is 0 Å². The molecule has 1 aliphatic carbocycles. The molecule has 4 rings (SSSR count). The Hall–Kier alpha value is -2.71. The standard InChI is InChI=1S/C30H39NO6/c1-35-25-8-6-7-24(19-25)23-13-11-22(12-14-23)21-37-28-20-27(32)30(31-15-17-36-18-16-31)26(28)9-4-2-3-5-10-29(33)34/h2-3,6-8,11-14,19,26-28,30,32H,4-5,9-10,15-18,20-21H2,1H3,(H,33,34)/t26-,27+,28-,30+/m0/s1. The number of nitrogens with zero attached hydrogens (tertiary/aromatic N) is 1. The first-order chi connectivity index (χ1) is 18.0. The van der Waals surface area contributed by atoms with E-state index in [1.165, 1.54) is 0 Å². The van der Waals surface area contributed by atoms with E-state index in [1.54, 1.807) is 7.11 Å². The number of morpholine rings is 1. The van der Waals surface area contributed by atoms with Crippen LogP contribution in [0.1, 0.15) is 37.7 Å². The van der Waals surface area contributed by atoms with Crippen LogP contribution in [0, 0.1) is 5.92 Å². The van der Waals surface area contributed by atoms with E-state index in [0.717, 1.165) is 48.4 Å². The number of benzene rings is 2. The van der Waals surface area contributed by atoms with Gasteiger partial charge >= 0.3 is 5.97 Å². The van der Waals surface area contributed by atoms with Gasteiger partial charge in [-0.2, -0.15) is 0 Å². The maximum absolute atomic E-state index is 11.0. The van der Waals surface area contributed by atoms with E-state index in [9.17, 15) is 9.90 Å². The number of carbonyl (C=O) groups is 1. The SMILES string of the molecule is COc1cccc(-c2ccc(CO[C@H]3C[C@@H](O)[C@H](N4CCOCC4)[C@H]3CCC=CCCC(=O)O)cc2)c1. The van der Waals surface area contributed by atoms with Crippen molar-refractivity contribution in [3.05, 3.63) is 66.2 Å². The number of aliphatic carboxylic acids is 1. The van der Waals surface area contributed by atoms with Gasteiger partial charge in [0, 0.05) is 37.9 Å². The number of allylic oxidation sites excluding steroid dienone is 2. The summed E-state index contributed by atoms with van der Waals surface area (Å²) in [6, 6.07) is 16.5. The zero-order chi connectivity index (χ0) is 26.0. The van der Waals surface area contributed by atoms with Gasteiger partial charge < -0.3 is 24.4 Å². The summed E-state index contributed by atoms with van der Waals surface area (Å²) >= 11 is 0. The van der Waals surface area contributed by atoms with Crippen LogP contribution in [0.2, 0.25) is 0 Å². The number of carboxylic acids is 1. The lowest BCUT2D eigenvalue weighted by molar-refractivity contribution is -0.136. The van der Waals surface area contributed by atoms with Gasteiger partial charge in [0.2, 0.25) is 0 Å². The molecule has 0 bridgehead atoms. The predicted octanol–water partition coefficient (Wildman–Crippen LogP) is 4.53. The van der Waals surface area contributed by atoms with Gasteiger partial charge in [-0.15, -0.1) is 0 Å². The van der Waals surface area contributed by atoms with E-state index in [2.05, 4.69) is 41.3 Å². The van der Waals surface area contributed by atoms with Crippen molar-refractivity contribution < 1.29 is 29.2 Å². The number of aliphatic hydroxyl groups is 1. The summed E-state index contributed by atoms with van der Waals surface area (Å²) in [5.74, 6) is 0.261. The quantitative estimate of drug-likeness (QED) is 0.407. The van der Waals surface area contributed by atoms with Crippen LogP contribution in [0.15, 0.2) is 60.7 Å². The van der Waals surface area contributed by atoms with E-state index in [1.807, 2.05) is 24.3 Å². The molecule has 0 radical (unpaired) electrons. The Morgan fingerprint density at radius 3 is 2.57 bits per heavy atom. The zero-order valence-corrected chi connectivity index (χ0v) is 21.6. The Labute approximate surface area is 219 Å². The molecule has 0 aromatic heterocycles. The largest absolute Gasteiger partial charge is 0.497 e. The van der Waals surface area contributed by atoms with Gasteiger partial charge in [-0.1, -0.05) is 48.6 Å². The van der Waals surface area contributed by atoms with Crippen LogP contribution in [0.4, 0.5) is 0 Å². The second-order valence-corrected chi connectivity index (χ2v) is 9.87. The molecular formula is C30H39NO6. The van der Waals surface area contributed by atoms with Crippen LogP contribution in [-0.2, 0) is 20.9 Å². The molecule has 1 saturated heterocycles. The van der Waals surface area contributed by atoms with Crippen LogP contribution in [-0.4, -0.2) is 72.7 Å². The number of rotatable bonds is 12. The molecule has 2 aromatic rings. The molecule has 7 nitrogen and oxygen atoms in total. The highest BCUT2D eigenvalue weighted by Crippen LogP contribution is 2.37. The van der Waals surface area contributed by atoms with Gasteiger partial charge in [0.25, 0.3) is 0 Å². The molecule has 1 heterocycles. The number of hydrogen-bond donors (Lipinski definition) is 2. The third-order valence-corrected chi connectivity index (χ3v) is 7.43. The van der Waals surface area contributed by atoms with Crippen molar-refractivity contribution in [2.45, 2.75) is 57.0 Å². The van der Waals surface area contributed by atoms with Crippen molar-refractivity contribution >= 4 is 5.97 Å². The lowest BCUT2D eigenvalue weighted by Crippen LogP contribution is -2.50. The van der Waals surface area contributed by atoms with Crippen LogP contribution >= 0.6 is 0 Å². The van der Waals surface area contributed by atoms with E-state index in [0.29, 0.717) is 32.7 Å². The molecule has 0 unspecified atom stereocenters. The van der Waals surface area contributed by atoms with Crippen LogP contribution < -0.4 is 4.74 Å². The molecule has 37 heavy (non-hydrogen) atoms. The third-order valence-electron chi connectivity index (χ3n) is 7.43. The minimum atomic E-state index is -0.777. The molecule has 1 aliphatic heterocycles. The summed E-state index contributed by atoms with van der Waals surface area (Å²) < 4.78 is 17.3. The Kier molecular flexibility index (Phi) is 10.1. The van der Waals surface area contributed by atoms with Crippen molar-refractivity contribution in [3.63, 3.8) is 0 Å². The highest BCUT2D eigenvalue weighted by molar-refractivity contribution is 5.66. The molecule has 0 spiro atoms. The molecule has 1 saturated carbocycles. The van der Waals surface area contributed by atoms with Crippen LogP contribution in [0.5, 0.6) is 5.75 Å². The number of methoxy groups -OCH3 is 1. The maximum atomic E-state index is 11.0. The Bertz CT molecular complexity index is 1020. The average molecular weight is 510 g/mol. The van der Waals surface area contributed by atoms with Crippen molar-refractivity contribution in [1.29, 1.82) is 0 Å². The molecule has 7 heteroatoms. The molecule has 2 fully saturated rings. The highest BCUT2D eigenvalue weighted by Gasteiger charge is 2.45. The molecule has 2 aromatic carbocycles. The van der Waals surface area contributed by atoms with Gasteiger partial charge in [0.05, 0.1) is 39.1 Å². The fourth-order valence-electron chi connectivity index (χ4n) is 5.53. The highest BCUT2D eigenvalue weighted by atomic mass is 16.5. The molecule has 4 atom stereocenters. The zero-order valence-electron chi connectivity index (χ0n) is 21.6. The van der Waals surface area contributed by atoms with Gasteiger partial charge in [0.15, 0.2) is 0 Å². The fourth-order valence-corrected chi connectivity index (χ4v) is 5.53. The smallest absolute Gasteiger partial charge is 0.303 e. The second kappa shape index (κ2) is 13.7. The molecule has 2 N–H and O–H groups in total. The summed E-state index contributed by atoms with van der Waals surface area (Å²) in [7, 11) is 1.67. The Balaban J connectivity index is 1.38. The van der Waals surface area contributed by atoms with Crippen molar-refractivity contribution in [2.24, 2.45) is 5.92 Å². The average Bonchev–Trinajstić information content (AvgIpc) is 3.24. The summed E-state index contributed by atoms with van der Waals surface area (Å²) in [6.07, 6.45) is 6.60. The summed E-state index contributed by atoms with van der Waals surface area (Å²) in [5, 5.41) is 19.9. The van der Waals surface area contributed by atoms with Gasteiger partial charge in [-0.3, -0.25) is 9.69 Å². The second-order valence-electron chi connectivity index (χ2n) is 9.87. The number of carboxylic acid groups (broad SMARTS) is 1. The summed E-state index contributed by atoms with van der Waals surface area (Å²) in [4.78, 5) is 13.1. The summed E-state index contributed by atoms with van der Waals surface area (Å²) in [5.41, 5.74) is 3.33. The Morgan fingerprint density at radius 1 is 1.08 bits per heavy atom. The number of ether oxygens (including phenoxy) is 3. The lowest BCUT2D eigenvalue weighted by Gasteiger charge is -2.38. The summed E-state index contributed by atoms with van der Waals surface area (Å²) in [6.45, 7) is 3.53. The lowest BCUT2D eigenvalue weighted by atomic mass is 9.93. The van der Waals surface area contributed by atoms with Crippen molar-refractivity contribution in [1.82, 2.24) is 4.90 Å². The number of aliphatic hydroxyl groups excluding tert-OH is 1. The molecule has 0 amide bonds. The minimum absolute atomic E-state index is 0.0340. The van der Waals surface area contributed by atoms with E-state index >= 15 is 0 Å². The van der Waals surface area contributed by atoms with Crippen LogP contribution in [0.3, 0.4) is 0 Å². The first kappa shape index (κ1) is 27.3. The Morgan fingerprint density at radius 2 is 1.84 bits per heavy atom. The van der Waals surface area contributed by atoms with Gasteiger partial charge in [0.1, 0.15) is 5.75 Å². The third kappa shape index (κ3) is 7.65. The van der Waals surface area contributed by atoms with Gasteiger partial charge in [-0.05, 0) is 48.1 Å². The predicted molar refractivity (Wildman–Crippen MR) is 143 cm³/mol. The fraction of sp³-hybridized carbons (Fsp3) is 0.500. The van der Waals surface area contributed by atoms with E-state index < -0.39 is 12.1 Å². The van der Waals surface area contributed by atoms with Crippen LogP contribution in [0.25, 0.3) is 11.1 Å². The minimum Gasteiger partial charge on any atom is -0.497 e. The van der Waals surface area contributed by atoms with E-state index in [4.69, 9.17) is 19.3 Å². The normalized spacial score (nSPS) is 24.5. The van der Waals surface area contributed by atoms with Crippen molar-refractivity contribution in [2.75, 3.05) is 33.4 Å². The monoisotopic (exact) mass is 509 g/mol. The topological polar surface area (TPSA) is 88.5 Å². The first-order valence-electron chi connectivity index (χ1n) is 13.3. The number of hydrogen-bond acceptors (Lipinski definition) is 6. The maximum Gasteiger partial charge on any atom is 0.303 e. The van der Waals surface area contributed by atoms with Crippen molar-refractivity contribution in [3.8, 4) is 16.9 Å². The first-order valence-corrected chi connectivity index (χ1v) is 13.3. The molecule has 200 valence electrons. The molecule has 2 aliphatic rings.